The topological polar surface area (TPSA) is 69.6 Å². The summed E-state index contributed by atoms with van der Waals surface area (Å²) >= 11 is 0. The molecule has 4 aliphatic rings. The van der Waals surface area contributed by atoms with E-state index in [-0.39, 0.29) is 12.6 Å². The number of carbonyl (C=O) groups excluding carboxylic acids is 1. The fourth-order valence-corrected chi connectivity index (χ4v) is 5.28. The summed E-state index contributed by atoms with van der Waals surface area (Å²) in [5, 5.41) is 12.0. The molecule has 4 fully saturated rings. The van der Waals surface area contributed by atoms with E-state index in [0.717, 1.165) is 30.2 Å². The largest absolute Gasteiger partial charge is 0.481 e. The van der Waals surface area contributed by atoms with Gasteiger partial charge in [-0.15, -0.1) is 0 Å². The summed E-state index contributed by atoms with van der Waals surface area (Å²) in [6, 6.07) is -0.137. The zero-order valence-corrected chi connectivity index (χ0v) is 13.6. The molecule has 0 radical (unpaired) electrons. The van der Waals surface area contributed by atoms with Crippen molar-refractivity contribution in [3.05, 3.63) is 0 Å². The van der Waals surface area contributed by atoms with E-state index in [1.165, 1.54) is 37.0 Å². The lowest BCUT2D eigenvalue weighted by molar-refractivity contribution is -0.141. The molecule has 0 aromatic carbocycles. The molecule has 0 aromatic heterocycles. The van der Waals surface area contributed by atoms with Crippen molar-refractivity contribution in [2.24, 2.45) is 35.5 Å². The molecule has 0 aliphatic heterocycles. The molecule has 2 N–H and O–H groups in total. The minimum absolute atomic E-state index is 0.137. The van der Waals surface area contributed by atoms with Gasteiger partial charge in [-0.1, -0.05) is 6.92 Å². The highest BCUT2D eigenvalue weighted by Gasteiger charge is 2.47. The Labute approximate surface area is 132 Å². The zero-order valence-electron chi connectivity index (χ0n) is 13.6. The molecule has 4 aliphatic carbocycles. The summed E-state index contributed by atoms with van der Waals surface area (Å²) in [7, 11) is 1.67. The molecule has 4 saturated carbocycles. The van der Waals surface area contributed by atoms with Crippen molar-refractivity contribution in [1.82, 2.24) is 10.2 Å². The number of nitrogens with zero attached hydrogens (tertiary/aromatic N) is 1. The Hall–Kier alpha value is -1.26. The van der Waals surface area contributed by atoms with Gasteiger partial charge in [0.2, 0.25) is 0 Å². The Morgan fingerprint density at radius 2 is 1.68 bits per heavy atom. The van der Waals surface area contributed by atoms with Gasteiger partial charge in [-0.25, -0.2) is 4.79 Å². The van der Waals surface area contributed by atoms with Gasteiger partial charge < -0.3 is 15.3 Å². The second-order valence-electron chi connectivity index (χ2n) is 7.90. The number of amides is 2. The summed E-state index contributed by atoms with van der Waals surface area (Å²) in [6.07, 6.45) is 6.89. The Morgan fingerprint density at radius 3 is 2.18 bits per heavy atom. The van der Waals surface area contributed by atoms with Gasteiger partial charge in [0.15, 0.2) is 0 Å². The molecular formula is C17H28N2O3. The molecule has 0 heterocycles. The van der Waals surface area contributed by atoms with Crippen LogP contribution in [-0.4, -0.2) is 42.1 Å². The maximum atomic E-state index is 12.2. The molecule has 4 bridgehead atoms. The number of hydrogen-bond donors (Lipinski definition) is 2. The van der Waals surface area contributed by atoms with Crippen LogP contribution in [-0.2, 0) is 4.79 Å². The molecule has 5 nitrogen and oxygen atoms in total. The Bertz CT molecular complexity index is 423. The standard InChI is InChI=1S/C17H28N2O3/c1-10(16(20)21)9-19(2)17(22)18-8-15-13-4-11-3-12(6-13)7-14(15)5-11/h10-15H,3-9H2,1-2H3,(H,18,22)(H,20,21). The third-order valence-electron chi connectivity index (χ3n) is 6.23. The maximum absolute atomic E-state index is 12.2. The molecule has 22 heavy (non-hydrogen) atoms. The SMILES string of the molecule is CC(CN(C)C(=O)NCC1C2CC3CC(C2)CC1C3)C(=O)O. The summed E-state index contributed by atoms with van der Waals surface area (Å²) in [5.74, 6) is 2.77. The first-order chi connectivity index (χ1) is 10.4. The van der Waals surface area contributed by atoms with Gasteiger partial charge in [-0.3, -0.25) is 4.79 Å². The van der Waals surface area contributed by atoms with Crippen LogP contribution in [0, 0.1) is 35.5 Å². The molecule has 0 spiro atoms. The van der Waals surface area contributed by atoms with Crippen LogP contribution in [0.15, 0.2) is 0 Å². The van der Waals surface area contributed by atoms with Crippen molar-refractivity contribution >= 4 is 12.0 Å². The van der Waals surface area contributed by atoms with E-state index in [4.69, 9.17) is 5.11 Å². The molecular weight excluding hydrogens is 280 g/mol. The van der Waals surface area contributed by atoms with E-state index in [9.17, 15) is 9.59 Å². The van der Waals surface area contributed by atoms with Crippen LogP contribution >= 0.6 is 0 Å². The average Bonchev–Trinajstić information content (AvgIpc) is 2.45. The fraction of sp³-hybridized carbons (Fsp3) is 0.882. The quantitative estimate of drug-likeness (QED) is 0.819. The van der Waals surface area contributed by atoms with Crippen molar-refractivity contribution in [3.63, 3.8) is 0 Å². The highest BCUT2D eigenvalue weighted by Crippen LogP contribution is 2.56. The predicted octanol–water partition coefficient (Wildman–Crippen LogP) is 2.42. The number of urea groups is 1. The number of carbonyl (C=O) groups is 2. The van der Waals surface area contributed by atoms with Gasteiger partial charge in [-0.05, 0) is 61.7 Å². The van der Waals surface area contributed by atoms with Gasteiger partial charge in [-0.2, -0.15) is 0 Å². The summed E-state index contributed by atoms with van der Waals surface area (Å²) in [4.78, 5) is 24.5. The van der Waals surface area contributed by atoms with E-state index >= 15 is 0 Å². The van der Waals surface area contributed by atoms with Crippen LogP contribution in [0.1, 0.15) is 39.0 Å². The molecule has 2 amide bonds. The number of hydrogen-bond acceptors (Lipinski definition) is 2. The maximum Gasteiger partial charge on any atom is 0.317 e. The van der Waals surface area contributed by atoms with Crippen LogP contribution < -0.4 is 5.32 Å². The molecule has 1 atom stereocenters. The number of carboxylic acid groups (broad SMARTS) is 1. The Balaban J connectivity index is 1.48. The Kier molecular flexibility index (Phi) is 4.33. The van der Waals surface area contributed by atoms with Gasteiger partial charge >= 0.3 is 12.0 Å². The first-order valence-corrected chi connectivity index (χ1v) is 8.65. The summed E-state index contributed by atoms with van der Waals surface area (Å²) in [5.41, 5.74) is 0. The molecule has 0 saturated heterocycles. The summed E-state index contributed by atoms with van der Waals surface area (Å²) < 4.78 is 0. The van der Waals surface area contributed by atoms with Gasteiger partial charge in [0.25, 0.3) is 0 Å². The number of rotatable bonds is 5. The first kappa shape index (κ1) is 15.6. The molecule has 0 aromatic rings. The Morgan fingerprint density at radius 1 is 1.14 bits per heavy atom. The van der Waals surface area contributed by atoms with E-state index in [1.807, 2.05) is 0 Å². The van der Waals surface area contributed by atoms with Crippen LogP contribution in [0.2, 0.25) is 0 Å². The van der Waals surface area contributed by atoms with Crippen molar-refractivity contribution in [2.75, 3.05) is 20.1 Å². The normalized spacial score (nSPS) is 36.9. The monoisotopic (exact) mass is 308 g/mol. The second kappa shape index (κ2) is 6.09. The van der Waals surface area contributed by atoms with Crippen molar-refractivity contribution in [2.45, 2.75) is 39.0 Å². The van der Waals surface area contributed by atoms with Gasteiger partial charge in [0.05, 0.1) is 5.92 Å². The van der Waals surface area contributed by atoms with E-state index in [1.54, 1.807) is 14.0 Å². The lowest BCUT2D eigenvalue weighted by atomic mass is 9.52. The number of aliphatic carboxylic acids is 1. The predicted molar refractivity (Wildman–Crippen MR) is 83.4 cm³/mol. The summed E-state index contributed by atoms with van der Waals surface area (Å²) in [6.45, 7) is 2.64. The second-order valence-corrected chi connectivity index (χ2v) is 7.90. The number of carboxylic acids is 1. The van der Waals surface area contributed by atoms with Crippen LogP contribution in [0.3, 0.4) is 0 Å². The lowest BCUT2D eigenvalue weighted by Crippen LogP contribution is -2.50. The lowest BCUT2D eigenvalue weighted by Gasteiger charge is -2.54. The minimum atomic E-state index is -0.860. The van der Waals surface area contributed by atoms with E-state index in [0.29, 0.717) is 5.92 Å². The van der Waals surface area contributed by atoms with Gasteiger partial charge in [0.1, 0.15) is 0 Å². The van der Waals surface area contributed by atoms with Crippen LogP contribution in [0.5, 0.6) is 0 Å². The molecule has 1 unspecified atom stereocenters. The molecule has 4 rings (SSSR count). The van der Waals surface area contributed by atoms with Crippen molar-refractivity contribution in [3.8, 4) is 0 Å². The highest BCUT2D eigenvalue weighted by molar-refractivity contribution is 5.75. The third-order valence-corrected chi connectivity index (χ3v) is 6.23. The number of nitrogens with one attached hydrogen (secondary N) is 1. The minimum Gasteiger partial charge on any atom is -0.481 e. The van der Waals surface area contributed by atoms with E-state index < -0.39 is 11.9 Å². The molecule has 124 valence electrons. The third kappa shape index (κ3) is 3.08. The average molecular weight is 308 g/mol. The van der Waals surface area contributed by atoms with Crippen LogP contribution in [0.4, 0.5) is 4.79 Å². The van der Waals surface area contributed by atoms with Crippen molar-refractivity contribution in [1.29, 1.82) is 0 Å². The molecule has 5 heteroatoms. The highest BCUT2D eigenvalue weighted by atomic mass is 16.4. The first-order valence-electron chi connectivity index (χ1n) is 8.65. The zero-order chi connectivity index (χ0) is 15.9. The van der Waals surface area contributed by atoms with Gasteiger partial charge in [0, 0.05) is 20.1 Å². The smallest absolute Gasteiger partial charge is 0.317 e. The fourth-order valence-electron chi connectivity index (χ4n) is 5.28. The van der Waals surface area contributed by atoms with Crippen LogP contribution in [0.25, 0.3) is 0 Å². The van der Waals surface area contributed by atoms with E-state index in [2.05, 4.69) is 5.32 Å². The van der Waals surface area contributed by atoms with Crippen molar-refractivity contribution < 1.29 is 14.7 Å².